The number of hydrogen-bond acceptors (Lipinski definition) is 3. The predicted molar refractivity (Wildman–Crippen MR) is 94.4 cm³/mol. The smallest absolute Gasteiger partial charge is 0.366 e. The van der Waals surface area contributed by atoms with Crippen molar-refractivity contribution in [3.8, 4) is 0 Å². The van der Waals surface area contributed by atoms with E-state index in [1.807, 2.05) is 6.07 Å². The van der Waals surface area contributed by atoms with E-state index >= 15 is 0 Å². The van der Waals surface area contributed by atoms with Gasteiger partial charge in [-0.25, -0.2) is 0 Å². The fourth-order valence-corrected chi connectivity index (χ4v) is 4.54. The summed E-state index contributed by atoms with van der Waals surface area (Å²) in [5.41, 5.74) is 6.45. The average molecular weight is 389 g/mol. The van der Waals surface area contributed by atoms with Crippen LogP contribution in [0.5, 0.6) is 0 Å². The number of halogens is 3. The van der Waals surface area contributed by atoms with E-state index in [9.17, 15) is 22.8 Å². The normalized spacial score (nSPS) is 23.7. The largest absolute Gasteiger partial charge is 0.433 e. The zero-order chi connectivity index (χ0) is 20.1. The number of carbonyl (C=O) groups excluding carboxylic acids is 2. The zero-order valence-electron chi connectivity index (χ0n) is 14.8. The number of fused-ring (bicyclic) bond motifs is 1. The molecule has 1 aromatic carbocycles. The number of alkyl halides is 3. The molecule has 28 heavy (non-hydrogen) atoms. The maximum absolute atomic E-state index is 12.8. The molecule has 2 aliphatic rings. The maximum atomic E-state index is 12.8. The standard InChI is InChI=1S/C20H18F3N3O2/c21-20(22,23)16-5-4-11(10-26-16)8-15-12-2-1-3-13(17(24)27)14(12)9-19(15)6-7-25-18(19)28/h1-5,10,15H,6-9H2,(H2,24,27)(H,25,28). The molecular weight excluding hydrogens is 371 g/mol. The molecule has 0 saturated carbocycles. The van der Waals surface area contributed by atoms with E-state index in [1.165, 1.54) is 12.3 Å². The topological polar surface area (TPSA) is 85.1 Å². The first-order chi connectivity index (χ1) is 13.2. The van der Waals surface area contributed by atoms with Crippen LogP contribution in [0.3, 0.4) is 0 Å². The Morgan fingerprint density at radius 3 is 2.64 bits per heavy atom. The summed E-state index contributed by atoms with van der Waals surface area (Å²) in [6.07, 6.45) is -1.95. The Balaban J connectivity index is 1.75. The Hall–Kier alpha value is -2.90. The van der Waals surface area contributed by atoms with Crippen molar-refractivity contribution in [2.45, 2.75) is 31.4 Å². The summed E-state index contributed by atoms with van der Waals surface area (Å²) in [5, 5.41) is 2.86. The third kappa shape index (κ3) is 2.83. The Labute approximate surface area is 159 Å². The van der Waals surface area contributed by atoms with Crippen LogP contribution < -0.4 is 11.1 Å². The summed E-state index contributed by atoms with van der Waals surface area (Å²) >= 11 is 0. The summed E-state index contributed by atoms with van der Waals surface area (Å²) in [5.74, 6) is -0.908. The molecule has 1 aliphatic heterocycles. The van der Waals surface area contributed by atoms with Crippen LogP contribution in [0.4, 0.5) is 13.2 Å². The van der Waals surface area contributed by atoms with E-state index in [4.69, 9.17) is 5.73 Å². The second-order valence-corrected chi connectivity index (χ2v) is 7.38. The minimum Gasteiger partial charge on any atom is -0.366 e. The second kappa shape index (κ2) is 6.32. The molecule has 1 saturated heterocycles. The van der Waals surface area contributed by atoms with Gasteiger partial charge < -0.3 is 11.1 Å². The molecule has 1 aromatic heterocycles. The van der Waals surface area contributed by atoms with Crippen LogP contribution in [0, 0.1) is 5.41 Å². The Bertz CT molecular complexity index is 956. The summed E-state index contributed by atoms with van der Waals surface area (Å²) in [6.45, 7) is 0.528. The predicted octanol–water partition coefficient (Wildman–Crippen LogP) is 2.59. The van der Waals surface area contributed by atoms with Crippen molar-refractivity contribution >= 4 is 11.8 Å². The lowest BCUT2D eigenvalue weighted by molar-refractivity contribution is -0.141. The molecule has 8 heteroatoms. The molecule has 4 rings (SSSR count). The highest BCUT2D eigenvalue weighted by Crippen LogP contribution is 2.53. The minimum atomic E-state index is -4.50. The number of benzene rings is 1. The van der Waals surface area contributed by atoms with E-state index in [0.29, 0.717) is 36.9 Å². The highest BCUT2D eigenvalue weighted by molar-refractivity contribution is 5.96. The SMILES string of the molecule is NC(=O)c1cccc2c1CC1(CCNC1=O)C2Cc1ccc(C(F)(F)F)nc1. The van der Waals surface area contributed by atoms with E-state index < -0.39 is 23.2 Å². The molecule has 146 valence electrons. The third-order valence-electron chi connectivity index (χ3n) is 5.88. The zero-order valence-corrected chi connectivity index (χ0v) is 14.8. The van der Waals surface area contributed by atoms with Crippen LogP contribution in [-0.4, -0.2) is 23.3 Å². The van der Waals surface area contributed by atoms with Crippen LogP contribution in [0.1, 0.15) is 45.1 Å². The molecule has 1 fully saturated rings. The number of aromatic nitrogens is 1. The fraction of sp³-hybridized carbons (Fsp3) is 0.350. The number of amides is 2. The van der Waals surface area contributed by atoms with Crippen molar-refractivity contribution in [1.29, 1.82) is 0 Å². The summed E-state index contributed by atoms with van der Waals surface area (Å²) in [4.78, 5) is 28.1. The Morgan fingerprint density at radius 1 is 1.29 bits per heavy atom. The van der Waals surface area contributed by atoms with Gasteiger partial charge in [0, 0.05) is 24.2 Å². The molecule has 3 N–H and O–H groups in total. The monoisotopic (exact) mass is 389 g/mol. The number of carbonyl (C=O) groups is 2. The van der Waals surface area contributed by atoms with Gasteiger partial charge in [-0.2, -0.15) is 13.2 Å². The number of rotatable bonds is 3. The molecule has 5 nitrogen and oxygen atoms in total. The quantitative estimate of drug-likeness (QED) is 0.846. The van der Waals surface area contributed by atoms with Gasteiger partial charge in [0.15, 0.2) is 0 Å². The van der Waals surface area contributed by atoms with Crippen LogP contribution >= 0.6 is 0 Å². The van der Waals surface area contributed by atoms with E-state index in [0.717, 1.165) is 17.2 Å². The van der Waals surface area contributed by atoms with E-state index in [-0.39, 0.29) is 11.8 Å². The molecule has 2 aromatic rings. The first kappa shape index (κ1) is 18.5. The first-order valence-corrected chi connectivity index (χ1v) is 8.94. The fourth-order valence-electron chi connectivity index (χ4n) is 4.54. The number of primary amides is 1. The van der Waals surface area contributed by atoms with Crippen molar-refractivity contribution < 1.29 is 22.8 Å². The summed E-state index contributed by atoms with van der Waals surface area (Å²) < 4.78 is 38.3. The average Bonchev–Trinajstić information content (AvgIpc) is 3.16. The highest BCUT2D eigenvalue weighted by atomic mass is 19.4. The molecule has 2 atom stereocenters. The van der Waals surface area contributed by atoms with Crippen molar-refractivity contribution in [3.05, 3.63) is 64.5 Å². The van der Waals surface area contributed by atoms with Gasteiger partial charge in [-0.1, -0.05) is 18.2 Å². The number of pyridine rings is 1. The van der Waals surface area contributed by atoms with Gasteiger partial charge in [0.1, 0.15) is 5.69 Å². The van der Waals surface area contributed by atoms with Crippen molar-refractivity contribution in [2.75, 3.05) is 6.54 Å². The molecule has 2 amide bonds. The second-order valence-electron chi connectivity index (χ2n) is 7.38. The highest BCUT2D eigenvalue weighted by Gasteiger charge is 2.54. The van der Waals surface area contributed by atoms with Gasteiger partial charge in [0.2, 0.25) is 11.8 Å². The number of nitrogens with two attached hydrogens (primary N) is 1. The minimum absolute atomic E-state index is 0.0935. The van der Waals surface area contributed by atoms with Crippen molar-refractivity contribution in [2.24, 2.45) is 11.1 Å². The lowest BCUT2D eigenvalue weighted by Gasteiger charge is -2.29. The van der Waals surface area contributed by atoms with E-state index in [2.05, 4.69) is 10.3 Å². The first-order valence-electron chi connectivity index (χ1n) is 8.94. The third-order valence-corrected chi connectivity index (χ3v) is 5.88. The van der Waals surface area contributed by atoms with Gasteiger partial charge in [0.25, 0.3) is 0 Å². The van der Waals surface area contributed by atoms with Crippen LogP contribution in [-0.2, 0) is 23.8 Å². The van der Waals surface area contributed by atoms with Crippen molar-refractivity contribution in [1.82, 2.24) is 10.3 Å². The van der Waals surface area contributed by atoms with Crippen molar-refractivity contribution in [3.63, 3.8) is 0 Å². The van der Waals surface area contributed by atoms with Gasteiger partial charge in [-0.05, 0) is 48.1 Å². The van der Waals surface area contributed by atoms with Crippen LogP contribution in [0.2, 0.25) is 0 Å². The molecular formula is C20H18F3N3O2. The molecule has 2 unspecified atom stereocenters. The number of nitrogens with zero attached hydrogens (tertiary/aromatic N) is 1. The molecule has 1 spiro atoms. The molecule has 0 bridgehead atoms. The van der Waals surface area contributed by atoms with Gasteiger partial charge in [-0.3, -0.25) is 14.6 Å². The Kier molecular flexibility index (Phi) is 4.17. The Morgan fingerprint density at radius 2 is 2.07 bits per heavy atom. The van der Waals surface area contributed by atoms with Crippen LogP contribution in [0.15, 0.2) is 36.5 Å². The lowest BCUT2D eigenvalue weighted by Crippen LogP contribution is -2.36. The summed E-state index contributed by atoms with van der Waals surface area (Å²) in [6, 6.07) is 7.58. The molecule has 0 radical (unpaired) electrons. The van der Waals surface area contributed by atoms with E-state index in [1.54, 1.807) is 12.1 Å². The van der Waals surface area contributed by atoms with Crippen LogP contribution in [0.25, 0.3) is 0 Å². The lowest BCUT2D eigenvalue weighted by atomic mass is 9.72. The summed E-state index contributed by atoms with van der Waals surface area (Å²) in [7, 11) is 0. The maximum Gasteiger partial charge on any atom is 0.433 e. The molecule has 2 heterocycles. The molecule has 1 aliphatic carbocycles. The number of nitrogens with one attached hydrogen (secondary N) is 1. The van der Waals surface area contributed by atoms with Gasteiger partial charge >= 0.3 is 6.18 Å². The number of hydrogen-bond donors (Lipinski definition) is 2. The van der Waals surface area contributed by atoms with Gasteiger partial charge in [-0.15, -0.1) is 0 Å². The van der Waals surface area contributed by atoms with Gasteiger partial charge in [0.05, 0.1) is 5.41 Å².